The van der Waals surface area contributed by atoms with Crippen LogP contribution in [0.1, 0.15) is 0 Å². The maximum absolute atomic E-state index is 10.2. The minimum absolute atomic E-state index is 0. The van der Waals surface area contributed by atoms with Crippen LogP contribution in [0.15, 0.2) is 0 Å². The molecule has 0 N–H and O–H groups in total. The van der Waals surface area contributed by atoms with Gasteiger partial charge in [-0.05, 0) is 0 Å². The van der Waals surface area contributed by atoms with Crippen LogP contribution in [0, 0.1) is 0 Å². The molecule has 0 aliphatic rings. The smallest absolute Gasteiger partial charge is 0.726 e. The molecule has 0 spiro atoms. The van der Waals surface area contributed by atoms with E-state index in [1.165, 1.54) is 0 Å². The molecule has 0 heterocycles. The predicted octanol–water partition coefficient (Wildman–Crippen LogP) is -3.60. The fraction of sp³-hybridized carbons (Fsp3) is 1.00. The molecular weight excluding hydrogens is 851 g/mol. The quantitative estimate of drug-likeness (QED) is 0.0248. The molecular formula is C37H75NaO22S. The van der Waals surface area contributed by atoms with E-state index in [1.54, 1.807) is 7.11 Å². The third-order valence-electron chi connectivity index (χ3n) is 6.84. The molecule has 0 fully saturated rings. The molecule has 0 atom stereocenters. The Morgan fingerprint density at radius 2 is 0.361 bits per heavy atom. The zero-order valence-corrected chi connectivity index (χ0v) is 39.7. The normalized spacial score (nSPS) is 11.8. The third kappa shape index (κ3) is 62.3. The van der Waals surface area contributed by atoms with E-state index >= 15 is 0 Å². The van der Waals surface area contributed by atoms with Crippen LogP contribution in [-0.4, -0.2) is 258 Å². The molecule has 0 saturated heterocycles. The van der Waals surface area contributed by atoms with Crippen LogP contribution >= 0.6 is 0 Å². The second-order valence-electron chi connectivity index (χ2n) is 11.6. The minimum Gasteiger partial charge on any atom is -0.726 e. The van der Waals surface area contributed by atoms with Gasteiger partial charge in [0.15, 0.2) is 0 Å². The monoisotopic (exact) mass is 926 g/mol. The summed E-state index contributed by atoms with van der Waals surface area (Å²) in [6.07, 6.45) is 0. The van der Waals surface area contributed by atoms with Crippen molar-refractivity contribution < 1.29 is 132 Å². The Morgan fingerprint density at radius 3 is 0.475 bits per heavy atom. The van der Waals surface area contributed by atoms with Gasteiger partial charge >= 0.3 is 29.6 Å². The van der Waals surface area contributed by atoms with Gasteiger partial charge in [0.2, 0.25) is 10.4 Å². The average molecular weight is 927 g/mol. The Kier molecular flexibility index (Phi) is 58.3. The largest absolute Gasteiger partial charge is 1.00 e. The van der Waals surface area contributed by atoms with Gasteiger partial charge in [0.05, 0.1) is 238 Å². The Labute approximate surface area is 385 Å². The van der Waals surface area contributed by atoms with Crippen molar-refractivity contribution in [2.45, 2.75) is 0 Å². The predicted molar refractivity (Wildman–Crippen MR) is 211 cm³/mol. The molecule has 0 aromatic rings. The maximum Gasteiger partial charge on any atom is 1.00 e. The van der Waals surface area contributed by atoms with Crippen LogP contribution < -0.4 is 29.6 Å². The van der Waals surface area contributed by atoms with E-state index < -0.39 is 10.4 Å². The van der Waals surface area contributed by atoms with E-state index in [1.807, 2.05) is 0 Å². The van der Waals surface area contributed by atoms with Gasteiger partial charge in [0.25, 0.3) is 0 Å². The molecule has 0 bridgehead atoms. The van der Waals surface area contributed by atoms with Crippen LogP contribution in [0.5, 0.6) is 0 Å². The number of methoxy groups -OCH3 is 1. The molecule has 0 saturated carbocycles. The molecule has 61 heavy (non-hydrogen) atoms. The van der Waals surface area contributed by atoms with Crippen LogP contribution in [0.3, 0.4) is 0 Å². The minimum atomic E-state index is -4.68. The Balaban J connectivity index is 0. The second kappa shape index (κ2) is 56.3. The van der Waals surface area contributed by atoms with E-state index in [-0.39, 0.29) is 49.4 Å². The van der Waals surface area contributed by atoms with Gasteiger partial charge in [-0.1, -0.05) is 0 Å². The van der Waals surface area contributed by atoms with Gasteiger partial charge in [-0.15, -0.1) is 0 Å². The molecule has 0 aliphatic heterocycles. The number of hydrogen-bond donors (Lipinski definition) is 0. The molecule has 22 nitrogen and oxygen atoms in total. The van der Waals surface area contributed by atoms with Gasteiger partial charge in [-0.2, -0.15) is 0 Å². The summed E-state index contributed by atoms with van der Waals surface area (Å²) in [5, 5.41) is 0. The molecule has 0 aromatic heterocycles. The first-order chi connectivity index (χ1) is 29.6. The van der Waals surface area contributed by atoms with Gasteiger partial charge in [0, 0.05) is 7.11 Å². The van der Waals surface area contributed by atoms with Crippen molar-refractivity contribution in [1.29, 1.82) is 0 Å². The SMILES string of the molecule is COCCOCCOCCOCCOCCOCCOCCOCCOCCOCCOCCOCCOCCOCCOCCOCCOCCOCCOS(=O)(=O)[O-].[Na+]. The zero-order valence-electron chi connectivity index (χ0n) is 36.8. The first kappa shape index (κ1) is 63.2. The molecule has 0 radical (unpaired) electrons. The third-order valence-corrected chi connectivity index (χ3v) is 7.29. The van der Waals surface area contributed by atoms with Crippen molar-refractivity contribution in [3.05, 3.63) is 0 Å². The van der Waals surface area contributed by atoms with E-state index in [4.69, 9.17) is 85.3 Å². The zero-order chi connectivity index (χ0) is 43.4. The van der Waals surface area contributed by atoms with Crippen molar-refractivity contribution >= 4 is 10.4 Å². The molecule has 0 unspecified atom stereocenters. The van der Waals surface area contributed by atoms with Crippen molar-refractivity contribution in [3.8, 4) is 0 Å². The van der Waals surface area contributed by atoms with Crippen molar-refractivity contribution in [3.63, 3.8) is 0 Å². The second-order valence-corrected chi connectivity index (χ2v) is 12.7. The Morgan fingerprint density at radius 1 is 0.246 bits per heavy atom. The van der Waals surface area contributed by atoms with Crippen LogP contribution in [-0.2, 0) is 99.8 Å². The molecule has 0 rings (SSSR count). The van der Waals surface area contributed by atoms with E-state index in [2.05, 4.69) is 4.18 Å². The number of rotatable bonds is 55. The van der Waals surface area contributed by atoms with Gasteiger partial charge in [-0.3, -0.25) is 4.18 Å². The maximum atomic E-state index is 10.2. The number of ether oxygens (including phenoxy) is 18. The summed E-state index contributed by atoms with van der Waals surface area (Å²) < 4.78 is 132. The first-order valence-electron chi connectivity index (χ1n) is 20.5. The molecule has 362 valence electrons. The fourth-order valence-corrected chi connectivity index (χ4v) is 4.23. The van der Waals surface area contributed by atoms with E-state index in [0.717, 1.165) is 0 Å². The van der Waals surface area contributed by atoms with E-state index in [0.29, 0.717) is 218 Å². The summed E-state index contributed by atoms with van der Waals surface area (Å²) >= 11 is 0. The first-order valence-corrected chi connectivity index (χ1v) is 21.8. The van der Waals surface area contributed by atoms with Gasteiger partial charge < -0.3 is 89.8 Å². The summed E-state index contributed by atoms with van der Waals surface area (Å²) in [4.78, 5) is 0. The fourth-order valence-electron chi connectivity index (χ4n) is 3.96. The Hall–Kier alpha value is 0.150. The molecule has 0 aliphatic carbocycles. The summed E-state index contributed by atoms with van der Waals surface area (Å²) in [5.41, 5.74) is 0. The van der Waals surface area contributed by atoms with Crippen LogP contribution in [0.2, 0.25) is 0 Å². The standard InChI is InChI=1S/C37H76O22S.Na/c1-41-2-3-42-4-5-43-6-7-44-8-9-45-10-11-46-12-13-47-14-15-48-16-17-49-18-19-50-20-21-51-22-23-52-24-25-53-26-27-54-28-29-55-30-31-56-32-33-57-34-35-58-36-37-59-60(38,39)40;/h2-37H2,1H3,(H,38,39,40);/q;+1/p-1. The van der Waals surface area contributed by atoms with E-state index in [9.17, 15) is 13.0 Å². The summed E-state index contributed by atoms with van der Waals surface area (Å²) in [5.74, 6) is 0. The van der Waals surface area contributed by atoms with Crippen LogP contribution in [0.4, 0.5) is 0 Å². The average Bonchev–Trinajstić information content (AvgIpc) is 3.23. The summed E-state index contributed by atoms with van der Waals surface area (Å²) in [7, 11) is -3.04. The topological polar surface area (TPSA) is 233 Å². The summed E-state index contributed by atoms with van der Waals surface area (Å²) in [6.45, 7) is 15.7. The van der Waals surface area contributed by atoms with Crippen LogP contribution in [0.25, 0.3) is 0 Å². The molecule has 0 amide bonds. The van der Waals surface area contributed by atoms with Crippen molar-refractivity contribution in [2.24, 2.45) is 0 Å². The molecule has 24 heteroatoms. The van der Waals surface area contributed by atoms with Gasteiger partial charge in [-0.25, -0.2) is 8.42 Å². The summed E-state index contributed by atoms with van der Waals surface area (Å²) in [6, 6.07) is 0. The van der Waals surface area contributed by atoms with Crippen molar-refractivity contribution in [1.82, 2.24) is 0 Å². The van der Waals surface area contributed by atoms with Crippen molar-refractivity contribution in [2.75, 3.05) is 245 Å². The Bertz CT molecular complexity index is 903. The molecule has 0 aromatic carbocycles. The number of hydrogen-bond acceptors (Lipinski definition) is 22. The van der Waals surface area contributed by atoms with Gasteiger partial charge in [0.1, 0.15) is 0 Å².